The maximum absolute atomic E-state index is 12.0. The molecule has 0 unspecified atom stereocenters. The van der Waals surface area contributed by atoms with Crippen LogP contribution in [-0.2, 0) is 0 Å². The zero-order chi connectivity index (χ0) is 15.7. The van der Waals surface area contributed by atoms with Crippen LogP contribution in [0.25, 0.3) is 0 Å². The summed E-state index contributed by atoms with van der Waals surface area (Å²) in [6.07, 6.45) is 3.42. The van der Waals surface area contributed by atoms with E-state index in [9.17, 15) is 9.59 Å². The molecular formula is C15H24N4O2. The van der Waals surface area contributed by atoms with E-state index in [-0.39, 0.29) is 17.5 Å². The Morgan fingerprint density at radius 3 is 2.57 bits per heavy atom. The summed E-state index contributed by atoms with van der Waals surface area (Å²) in [4.78, 5) is 29.9. The van der Waals surface area contributed by atoms with Gasteiger partial charge in [0.25, 0.3) is 11.8 Å². The summed E-state index contributed by atoms with van der Waals surface area (Å²) >= 11 is 0. The Hall–Kier alpha value is -1.95. The van der Waals surface area contributed by atoms with Crippen LogP contribution in [0.2, 0.25) is 0 Å². The number of pyridine rings is 1. The molecule has 2 N–H and O–H groups in total. The normalized spacial score (nSPS) is 10.5. The van der Waals surface area contributed by atoms with Gasteiger partial charge in [-0.2, -0.15) is 0 Å². The molecule has 6 nitrogen and oxygen atoms in total. The van der Waals surface area contributed by atoms with E-state index in [1.807, 2.05) is 19.0 Å². The van der Waals surface area contributed by atoms with Gasteiger partial charge in [0.15, 0.2) is 0 Å². The number of nitrogens with zero attached hydrogens (tertiary/aromatic N) is 2. The van der Waals surface area contributed by atoms with Crippen molar-refractivity contribution in [3.63, 3.8) is 0 Å². The monoisotopic (exact) mass is 292 g/mol. The molecule has 1 rings (SSSR count). The average Bonchev–Trinajstić information content (AvgIpc) is 2.47. The van der Waals surface area contributed by atoms with Crippen molar-refractivity contribution in [3.05, 3.63) is 29.6 Å². The molecule has 0 atom stereocenters. The van der Waals surface area contributed by atoms with Gasteiger partial charge in [0.1, 0.15) is 5.69 Å². The second-order valence-corrected chi connectivity index (χ2v) is 5.10. The van der Waals surface area contributed by atoms with Crippen LogP contribution < -0.4 is 10.6 Å². The van der Waals surface area contributed by atoms with Crippen molar-refractivity contribution in [2.24, 2.45) is 0 Å². The summed E-state index contributed by atoms with van der Waals surface area (Å²) in [5.74, 6) is -0.437. The zero-order valence-corrected chi connectivity index (χ0v) is 13.0. The van der Waals surface area contributed by atoms with Gasteiger partial charge in [-0.1, -0.05) is 13.3 Å². The van der Waals surface area contributed by atoms with E-state index in [1.165, 1.54) is 12.3 Å². The quantitative estimate of drug-likeness (QED) is 0.698. The summed E-state index contributed by atoms with van der Waals surface area (Å²) in [5.41, 5.74) is 0.718. The van der Waals surface area contributed by atoms with E-state index in [1.54, 1.807) is 6.07 Å². The van der Waals surface area contributed by atoms with Crippen LogP contribution in [0.1, 0.15) is 40.6 Å². The molecule has 1 heterocycles. The molecule has 0 spiro atoms. The van der Waals surface area contributed by atoms with Gasteiger partial charge in [-0.05, 0) is 32.6 Å². The van der Waals surface area contributed by atoms with Gasteiger partial charge >= 0.3 is 0 Å². The highest BCUT2D eigenvalue weighted by molar-refractivity contribution is 5.98. The van der Waals surface area contributed by atoms with E-state index in [0.29, 0.717) is 18.7 Å². The van der Waals surface area contributed by atoms with Gasteiger partial charge in [0, 0.05) is 31.4 Å². The van der Waals surface area contributed by atoms with Gasteiger partial charge < -0.3 is 15.5 Å². The minimum absolute atomic E-state index is 0.193. The number of nitrogens with one attached hydrogen (secondary N) is 2. The van der Waals surface area contributed by atoms with Gasteiger partial charge in [-0.25, -0.2) is 0 Å². The molecule has 0 aliphatic carbocycles. The predicted octanol–water partition coefficient (Wildman–Crippen LogP) is 0.903. The van der Waals surface area contributed by atoms with Crippen LogP contribution in [0.3, 0.4) is 0 Å². The van der Waals surface area contributed by atoms with Gasteiger partial charge in [-0.3, -0.25) is 14.6 Å². The first-order valence-electron chi connectivity index (χ1n) is 7.21. The van der Waals surface area contributed by atoms with Crippen molar-refractivity contribution in [3.8, 4) is 0 Å². The lowest BCUT2D eigenvalue weighted by Gasteiger charge is -2.10. The van der Waals surface area contributed by atoms with Crippen LogP contribution in [0.15, 0.2) is 18.3 Å². The highest BCUT2D eigenvalue weighted by Gasteiger charge is 2.11. The summed E-state index contributed by atoms with van der Waals surface area (Å²) in [7, 11) is 3.88. The highest BCUT2D eigenvalue weighted by Crippen LogP contribution is 2.02. The summed E-state index contributed by atoms with van der Waals surface area (Å²) < 4.78 is 0. The summed E-state index contributed by atoms with van der Waals surface area (Å²) in [5, 5.41) is 5.59. The lowest BCUT2D eigenvalue weighted by molar-refractivity contribution is 0.0948. The van der Waals surface area contributed by atoms with Crippen LogP contribution >= 0.6 is 0 Å². The van der Waals surface area contributed by atoms with Gasteiger partial charge in [0.05, 0.1) is 0 Å². The first kappa shape index (κ1) is 17.1. The average molecular weight is 292 g/mol. The Kier molecular flexibility index (Phi) is 7.39. The Morgan fingerprint density at radius 2 is 1.90 bits per heavy atom. The number of carbonyl (C=O) groups excluding carboxylic acids is 2. The van der Waals surface area contributed by atoms with E-state index in [4.69, 9.17) is 0 Å². The van der Waals surface area contributed by atoms with Crippen molar-refractivity contribution < 1.29 is 9.59 Å². The Morgan fingerprint density at radius 1 is 1.19 bits per heavy atom. The Labute approximate surface area is 125 Å². The van der Waals surface area contributed by atoms with Crippen LogP contribution in [0.4, 0.5) is 0 Å². The lowest BCUT2D eigenvalue weighted by atomic mass is 10.2. The molecule has 21 heavy (non-hydrogen) atoms. The SMILES string of the molecule is CCCCNC(=O)c1cc(C(=O)NCCN(C)C)ccn1. The minimum Gasteiger partial charge on any atom is -0.351 e. The minimum atomic E-state index is -0.244. The molecule has 0 aromatic carbocycles. The smallest absolute Gasteiger partial charge is 0.269 e. The molecule has 1 aromatic rings. The Bertz CT molecular complexity index is 474. The molecule has 0 saturated carbocycles. The van der Waals surface area contributed by atoms with Crippen molar-refractivity contribution in [2.45, 2.75) is 19.8 Å². The van der Waals surface area contributed by atoms with E-state index < -0.39 is 0 Å². The van der Waals surface area contributed by atoms with Crippen molar-refractivity contribution in [2.75, 3.05) is 33.7 Å². The molecule has 2 amide bonds. The van der Waals surface area contributed by atoms with Crippen molar-refractivity contribution in [1.29, 1.82) is 0 Å². The molecule has 1 aromatic heterocycles. The van der Waals surface area contributed by atoms with E-state index in [0.717, 1.165) is 19.4 Å². The number of carbonyl (C=O) groups is 2. The van der Waals surface area contributed by atoms with Crippen LogP contribution in [0, 0.1) is 0 Å². The van der Waals surface area contributed by atoms with Crippen LogP contribution in [0.5, 0.6) is 0 Å². The summed E-state index contributed by atoms with van der Waals surface area (Å²) in [6, 6.07) is 3.13. The number of amides is 2. The molecule has 0 radical (unpaired) electrons. The number of rotatable bonds is 8. The second kappa shape index (κ2) is 9.07. The molecule has 0 bridgehead atoms. The number of likely N-dealkylation sites (N-methyl/N-ethyl adjacent to an activating group) is 1. The molecule has 0 aliphatic heterocycles. The maximum Gasteiger partial charge on any atom is 0.269 e. The Balaban J connectivity index is 2.58. The summed E-state index contributed by atoms with van der Waals surface area (Å²) in [6.45, 7) is 4.01. The third-order valence-corrected chi connectivity index (χ3v) is 2.92. The van der Waals surface area contributed by atoms with Crippen LogP contribution in [-0.4, -0.2) is 55.4 Å². The maximum atomic E-state index is 12.0. The fraction of sp³-hybridized carbons (Fsp3) is 0.533. The zero-order valence-electron chi connectivity index (χ0n) is 13.0. The number of aromatic nitrogens is 1. The number of hydrogen-bond donors (Lipinski definition) is 2. The van der Waals surface area contributed by atoms with E-state index >= 15 is 0 Å². The largest absolute Gasteiger partial charge is 0.351 e. The molecule has 116 valence electrons. The van der Waals surface area contributed by atoms with Crippen molar-refractivity contribution in [1.82, 2.24) is 20.5 Å². The molecule has 6 heteroatoms. The molecule has 0 saturated heterocycles. The first-order chi connectivity index (χ1) is 10.0. The highest BCUT2D eigenvalue weighted by atomic mass is 16.2. The second-order valence-electron chi connectivity index (χ2n) is 5.10. The van der Waals surface area contributed by atoms with Gasteiger partial charge in [-0.15, -0.1) is 0 Å². The van der Waals surface area contributed by atoms with Crippen molar-refractivity contribution >= 4 is 11.8 Å². The first-order valence-corrected chi connectivity index (χ1v) is 7.21. The fourth-order valence-corrected chi connectivity index (χ4v) is 1.66. The molecular weight excluding hydrogens is 268 g/mol. The molecule has 0 fully saturated rings. The number of hydrogen-bond acceptors (Lipinski definition) is 4. The predicted molar refractivity (Wildman–Crippen MR) is 82.4 cm³/mol. The number of unbranched alkanes of at least 4 members (excludes halogenated alkanes) is 1. The standard InChI is InChI=1S/C15H24N4O2/c1-4-5-7-17-15(21)13-11-12(6-8-16-13)14(20)18-9-10-19(2)3/h6,8,11H,4-5,7,9-10H2,1-3H3,(H,17,21)(H,18,20). The van der Waals surface area contributed by atoms with E-state index in [2.05, 4.69) is 22.5 Å². The third kappa shape index (κ3) is 6.35. The van der Waals surface area contributed by atoms with Gasteiger partial charge in [0.2, 0.25) is 0 Å². The molecule has 0 aliphatic rings. The topological polar surface area (TPSA) is 74.3 Å². The third-order valence-electron chi connectivity index (χ3n) is 2.92. The fourth-order valence-electron chi connectivity index (χ4n) is 1.66. The lowest BCUT2D eigenvalue weighted by Crippen LogP contribution is -2.31.